The number of halogens is 1. The van der Waals surface area contributed by atoms with Gasteiger partial charge in [-0.1, -0.05) is 11.3 Å². The van der Waals surface area contributed by atoms with E-state index >= 15 is 0 Å². The number of aromatic nitrogens is 3. The monoisotopic (exact) mass is 355 g/mol. The Bertz CT molecular complexity index is 995. The molecule has 2 heterocycles. The van der Waals surface area contributed by atoms with E-state index in [1.807, 2.05) is 0 Å². The standard InChI is InChI=1S/C12H10FN5O3S2/c1-23(20,21)18-12-17-16-11(22-12)15-10(19)9-5-6-4-7(13)2-3-8(6)14-9/h2-5,14H,1H3,(H,17,18)(H,15,16,19). The minimum atomic E-state index is -3.46. The van der Waals surface area contributed by atoms with Crippen molar-refractivity contribution in [2.45, 2.75) is 0 Å². The molecule has 1 amide bonds. The van der Waals surface area contributed by atoms with Crippen LogP contribution in [0.5, 0.6) is 0 Å². The highest BCUT2D eigenvalue weighted by molar-refractivity contribution is 7.92. The zero-order valence-electron chi connectivity index (χ0n) is 11.6. The summed E-state index contributed by atoms with van der Waals surface area (Å²) < 4.78 is 37.5. The molecule has 0 bridgehead atoms. The predicted octanol–water partition coefficient (Wildman–Crippen LogP) is 1.78. The van der Waals surface area contributed by atoms with Crippen LogP contribution in [-0.2, 0) is 10.0 Å². The largest absolute Gasteiger partial charge is 0.351 e. The van der Waals surface area contributed by atoms with Gasteiger partial charge < -0.3 is 4.98 Å². The van der Waals surface area contributed by atoms with Crippen molar-refractivity contribution in [3.63, 3.8) is 0 Å². The maximum atomic E-state index is 13.1. The van der Waals surface area contributed by atoms with Crippen molar-refractivity contribution < 1.29 is 17.6 Å². The molecule has 0 atom stereocenters. The number of rotatable bonds is 4. The number of benzene rings is 1. The molecule has 0 fully saturated rings. The number of amides is 1. The van der Waals surface area contributed by atoms with Crippen molar-refractivity contribution >= 4 is 48.4 Å². The van der Waals surface area contributed by atoms with Gasteiger partial charge in [0.15, 0.2) is 0 Å². The summed E-state index contributed by atoms with van der Waals surface area (Å²) in [6.45, 7) is 0. The van der Waals surface area contributed by atoms with Crippen LogP contribution in [0.4, 0.5) is 14.7 Å². The van der Waals surface area contributed by atoms with Crippen molar-refractivity contribution in [1.29, 1.82) is 0 Å². The molecule has 0 unspecified atom stereocenters. The van der Waals surface area contributed by atoms with Crippen LogP contribution in [-0.4, -0.2) is 35.8 Å². The fraction of sp³-hybridized carbons (Fsp3) is 0.0833. The number of carbonyl (C=O) groups is 1. The minimum absolute atomic E-state index is 0.0431. The second kappa shape index (κ2) is 5.59. The maximum absolute atomic E-state index is 13.1. The third kappa shape index (κ3) is 3.63. The molecule has 0 radical (unpaired) electrons. The van der Waals surface area contributed by atoms with E-state index in [1.54, 1.807) is 0 Å². The van der Waals surface area contributed by atoms with E-state index < -0.39 is 21.7 Å². The predicted molar refractivity (Wildman–Crippen MR) is 84.6 cm³/mol. The highest BCUT2D eigenvalue weighted by Gasteiger charge is 2.14. The van der Waals surface area contributed by atoms with Crippen LogP contribution >= 0.6 is 11.3 Å². The van der Waals surface area contributed by atoms with Gasteiger partial charge in [-0.25, -0.2) is 12.8 Å². The van der Waals surface area contributed by atoms with Crippen molar-refractivity contribution in [2.24, 2.45) is 0 Å². The lowest BCUT2D eigenvalue weighted by Crippen LogP contribution is -2.11. The summed E-state index contributed by atoms with van der Waals surface area (Å²) in [5, 5.41) is 10.5. The number of hydrogen-bond acceptors (Lipinski definition) is 6. The summed E-state index contributed by atoms with van der Waals surface area (Å²) in [6.07, 6.45) is 0.982. The van der Waals surface area contributed by atoms with Crippen molar-refractivity contribution in [3.8, 4) is 0 Å². The molecule has 1 aromatic carbocycles. The molecule has 23 heavy (non-hydrogen) atoms. The molecule has 0 aliphatic heterocycles. The smallest absolute Gasteiger partial charge is 0.273 e. The Balaban J connectivity index is 1.78. The Kier molecular flexibility index (Phi) is 3.74. The van der Waals surface area contributed by atoms with Gasteiger partial charge in [0.25, 0.3) is 5.91 Å². The van der Waals surface area contributed by atoms with Crippen molar-refractivity contribution in [1.82, 2.24) is 15.2 Å². The molecule has 3 N–H and O–H groups in total. The molecule has 11 heteroatoms. The molecule has 0 aliphatic carbocycles. The molecule has 0 spiro atoms. The number of aromatic amines is 1. The zero-order chi connectivity index (χ0) is 16.6. The third-order valence-electron chi connectivity index (χ3n) is 2.75. The van der Waals surface area contributed by atoms with E-state index in [2.05, 4.69) is 25.2 Å². The van der Waals surface area contributed by atoms with E-state index in [4.69, 9.17) is 0 Å². The summed E-state index contributed by atoms with van der Waals surface area (Å²) >= 11 is 0.874. The van der Waals surface area contributed by atoms with Gasteiger partial charge in [0.05, 0.1) is 6.26 Å². The Labute approximate surface area is 133 Å². The van der Waals surface area contributed by atoms with Crippen LogP contribution in [0.2, 0.25) is 0 Å². The van der Waals surface area contributed by atoms with Gasteiger partial charge >= 0.3 is 0 Å². The van der Waals surface area contributed by atoms with E-state index in [1.165, 1.54) is 24.3 Å². The normalized spacial score (nSPS) is 11.6. The second-order valence-corrected chi connectivity index (χ2v) is 7.38. The maximum Gasteiger partial charge on any atom is 0.273 e. The molecular weight excluding hydrogens is 345 g/mol. The van der Waals surface area contributed by atoms with Crippen molar-refractivity contribution in [2.75, 3.05) is 16.3 Å². The van der Waals surface area contributed by atoms with Crippen LogP contribution in [0.1, 0.15) is 10.5 Å². The van der Waals surface area contributed by atoms with Gasteiger partial charge in [-0.05, 0) is 24.3 Å². The first-order chi connectivity index (χ1) is 10.8. The molecule has 120 valence electrons. The number of H-pyrrole nitrogens is 1. The number of carbonyl (C=O) groups excluding carboxylic acids is 1. The van der Waals surface area contributed by atoms with E-state index in [0.717, 1.165) is 17.6 Å². The van der Waals surface area contributed by atoms with Gasteiger partial charge in [0.1, 0.15) is 11.5 Å². The lowest BCUT2D eigenvalue weighted by molar-refractivity contribution is 0.102. The number of nitrogens with zero attached hydrogens (tertiary/aromatic N) is 2. The lowest BCUT2D eigenvalue weighted by Gasteiger charge is -1.97. The van der Waals surface area contributed by atoms with Crippen molar-refractivity contribution in [3.05, 3.63) is 35.8 Å². The summed E-state index contributed by atoms with van der Waals surface area (Å²) in [4.78, 5) is 15.0. The van der Waals surface area contributed by atoms with E-state index in [9.17, 15) is 17.6 Å². The van der Waals surface area contributed by atoms with Gasteiger partial charge in [-0.3, -0.25) is 14.8 Å². The number of sulfonamides is 1. The number of nitrogens with one attached hydrogen (secondary N) is 3. The van der Waals surface area contributed by atoms with Crippen LogP contribution in [0.3, 0.4) is 0 Å². The average Bonchev–Trinajstić information content (AvgIpc) is 3.03. The first kappa shape index (κ1) is 15.4. The molecule has 0 saturated heterocycles. The van der Waals surface area contributed by atoms with Gasteiger partial charge in [0, 0.05) is 10.9 Å². The topological polar surface area (TPSA) is 117 Å². The lowest BCUT2D eigenvalue weighted by atomic mass is 10.2. The second-order valence-electron chi connectivity index (χ2n) is 4.66. The molecule has 3 aromatic rings. The molecule has 0 aliphatic rings. The highest BCUT2D eigenvalue weighted by atomic mass is 32.2. The van der Waals surface area contributed by atoms with Gasteiger partial charge in [-0.2, -0.15) is 0 Å². The van der Waals surface area contributed by atoms with Gasteiger partial charge in [-0.15, -0.1) is 10.2 Å². The van der Waals surface area contributed by atoms with E-state index in [-0.39, 0.29) is 16.0 Å². The molecule has 2 aromatic heterocycles. The zero-order valence-corrected chi connectivity index (χ0v) is 13.3. The fourth-order valence-electron chi connectivity index (χ4n) is 1.86. The summed E-state index contributed by atoms with van der Waals surface area (Å²) in [5.74, 6) is -0.896. The Morgan fingerprint density at radius 1 is 1.26 bits per heavy atom. The van der Waals surface area contributed by atoms with Gasteiger partial charge in [0.2, 0.25) is 20.3 Å². The average molecular weight is 355 g/mol. The number of anilines is 2. The highest BCUT2D eigenvalue weighted by Crippen LogP contribution is 2.22. The quantitative estimate of drug-likeness (QED) is 0.659. The molecule has 3 rings (SSSR count). The SMILES string of the molecule is CS(=O)(=O)Nc1nnc(NC(=O)c2cc3cc(F)ccc3[nH]2)s1. The molecule has 8 nitrogen and oxygen atoms in total. The molecular formula is C12H10FN5O3S2. The summed E-state index contributed by atoms with van der Waals surface area (Å²) in [6, 6.07) is 5.63. The number of hydrogen-bond donors (Lipinski definition) is 3. The third-order valence-corrected chi connectivity index (χ3v) is 4.19. The molecule has 0 saturated carbocycles. The first-order valence-electron chi connectivity index (χ1n) is 6.21. The Morgan fingerprint density at radius 2 is 2.00 bits per heavy atom. The Morgan fingerprint density at radius 3 is 2.74 bits per heavy atom. The summed E-state index contributed by atoms with van der Waals surface area (Å²) in [5.41, 5.74) is 0.840. The Hall–Kier alpha value is -2.53. The van der Waals surface area contributed by atoms with Crippen LogP contribution in [0, 0.1) is 5.82 Å². The van der Waals surface area contributed by atoms with E-state index in [0.29, 0.717) is 10.9 Å². The summed E-state index contributed by atoms with van der Waals surface area (Å²) in [7, 11) is -3.46. The fourth-order valence-corrected chi connectivity index (χ4v) is 3.33. The van der Waals surface area contributed by atoms with Crippen LogP contribution < -0.4 is 10.0 Å². The number of fused-ring (bicyclic) bond motifs is 1. The van der Waals surface area contributed by atoms with Crippen LogP contribution in [0.15, 0.2) is 24.3 Å². The first-order valence-corrected chi connectivity index (χ1v) is 8.92. The van der Waals surface area contributed by atoms with Crippen LogP contribution in [0.25, 0.3) is 10.9 Å². The minimum Gasteiger partial charge on any atom is -0.351 e.